The molecule has 0 aliphatic heterocycles. The van der Waals surface area contributed by atoms with Crippen LogP contribution in [-0.2, 0) is 0 Å². The van der Waals surface area contributed by atoms with Crippen LogP contribution in [0.1, 0.15) is 15.9 Å². The number of benzene rings is 2. The summed E-state index contributed by atoms with van der Waals surface area (Å²) in [6.07, 6.45) is -2.42. The standard InChI is InChI=1S/C17H9ClF3NO4/c18-13-11(7-1-3-8(4-2-7)26-17(19,20)21)14(23)9-5-6-10(22)15(24)12(9)16(13)25/h1-6,22-23,25H. The molecule has 0 aromatic heterocycles. The number of phenols is 2. The predicted molar refractivity (Wildman–Crippen MR) is 88.0 cm³/mol. The van der Waals surface area contributed by atoms with Crippen LogP contribution in [-0.4, -0.2) is 28.1 Å². The largest absolute Gasteiger partial charge is 0.573 e. The fourth-order valence-electron chi connectivity index (χ4n) is 2.57. The molecule has 2 aromatic rings. The Kier molecular flexibility index (Phi) is 4.15. The van der Waals surface area contributed by atoms with Gasteiger partial charge in [-0.25, -0.2) is 0 Å². The molecule has 2 aromatic carbocycles. The van der Waals surface area contributed by atoms with E-state index in [0.29, 0.717) is 0 Å². The number of ketones is 1. The van der Waals surface area contributed by atoms with Crippen molar-refractivity contribution < 1.29 is 32.9 Å². The molecule has 0 saturated heterocycles. The van der Waals surface area contributed by atoms with Crippen molar-refractivity contribution in [3.63, 3.8) is 0 Å². The number of allylic oxidation sites excluding steroid dienone is 1. The molecule has 3 N–H and O–H groups in total. The van der Waals surface area contributed by atoms with Crippen molar-refractivity contribution >= 4 is 29.2 Å². The number of alkyl halides is 3. The van der Waals surface area contributed by atoms with Gasteiger partial charge in [-0.15, -0.1) is 13.2 Å². The summed E-state index contributed by atoms with van der Waals surface area (Å²) in [5.74, 6) is -2.34. The summed E-state index contributed by atoms with van der Waals surface area (Å²) in [4.78, 5) is 12.0. The lowest BCUT2D eigenvalue weighted by molar-refractivity contribution is -0.274. The van der Waals surface area contributed by atoms with Gasteiger partial charge in [-0.1, -0.05) is 23.7 Å². The SMILES string of the molecule is N=C1C=Cc2c(O)c(-c3ccc(OC(F)(F)F)cc3)c(Cl)c(O)c2C1=O. The highest BCUT2D eigenvalue weighted by atomic mass is 35.5. The molecule has 1 aliphatic carbocycles. The van der Waals surface area contributed by atoms with Gasteiger partial charge < -0.3 is 14.9 Å². The molecule has 0 spiro atoms. The fraction of sp³-hybridized carbons (Fsp3) is 0.0588. The number of Topliss-reactive ketones (excluding diaryl/α,β-unsaturated/α-hetero) is 1. The van der Waals surface area contributed by atoms with Crippen LogP contribution in [0.3, 0.4) is 0 Å². The average Bonchev–Trinajstić information content (AvgIpc) is 2.55. The molecule has 0 unspecified atom stereocenters. The van der Waals surface area contributed by atoms with E-state index in [1.165, 1.54) is 18.2 Å². The van der Waals surface area contributed by atoms with Crippen LogP contribution in [0.2, 0.25) is 5.02 Å². The molecular formula is C17H9ClF3NO4. The van der Waals surface area contributed by atoms with E-state index >= 15 is 0 Å². The van der Waals surface area contributed by atoms with Gasteiger partial charge in [0.25, 0.3) is 0 Å². The van der Waals surface area contributed by atoms with Crippen molar-refractivity contribution in [3.05, 3.63) is 46.5 Å². The van der Waals surface area contributed by atoms with Crippen molar-refractivity contribution in [1.82, 2.24) is 0 Å². The molecule has 0 fully saturated rings. The van der Waals surface area contributed by atoms with Crippen LogP contribution >= 0.6 is 11.6 Å². The summed E-state index contributed by atoms with van der Waals surface area (Å²) in [5, 5.41) is 27.8. The number of nitrogens with one attached hydrogen (secondary N) is 1. The molecule has 0 saturated carbocycles. The van der Waals surface area contributed by atoms with Gasteiger partial charge in [0.15, 0.2) is 0 Å². The Morgan fingerprint density at radius 1 is 1.00 bits per heavy atom. The molecule has 0 heterocycles. The Balaban J connectivity index is 2.13. The number of fused-ring (bicyclic) bond motifs is 1. The molecule has 134 valence electrons. The van der Waals surface area contributed by atoms with Crippen molar-refractivity contribution in [1.29, 1.82) is 5.41 Å². The fourth-order valence-corrected chi connectivity index (χ4v) is 2.86. The second-order valence-electron chi connectivity index (χ2n) is 5.32. The maximum Gasteiger partial charge on any atom is 0.573 e. The minimum absolute atomic E-state index is 0.0291. The topological polar surface area (TPSA) is 90.6 Å². The maximum atomic E-state index is 12.2. The zero-order chi connectivity index (χ0) is 19.2. The zero-order valence-corrected chi connectivity index (χ0v) is 13.4. The van der Waals surface area contributed by atoms with E-state index in [1.54, 1.807) is 0 Å². The molecule has 0 bridgehead atoms. The highest BCUT2D eigenvalue weighted by molar-refractivity contribution is 6.52. The Morgan fingerprint density at radius 2 is 1.62 bits per heavy atom. The second-order valence-corrected chi connectivity index (χ2v) is 5.70. The van der Waals surface area contributed by atoms with Crippen molar-refractivity contribution in [2.75, 3.05) is 0 Å². The number of aromatic hydroxyl groups is 2. The highest BCUT2D eigenvalue weighted by Gasteiger charge is 2.32. The first-order valence-corrected chi connectivity index (χ1v) is 7.43. The number of halogens is 4. The molecular weight excluding hydrogens is 375 g/mol. The molecule has 1 aliphatic rings. The number of carbonyl (C=O) groups is 1. The summed E-state index contributed by atoms with van der Waals surface area (Å²) in [5.41, 5.74) is -0.585. The summed E-state index contributed by atoms with van der Waals surface area (Å²) >= 11 is 6.06. The minimum atomic E-state index is -4.85. The summed E-state index contributed by atoms with van der Waals surface area (Å²) in [7, 11) is 0. The molecule has 0 amide bonds. The van der Waals surface area contributed by atoms with Crippen molar-refractivity contribution in [2.45, 2.75) is 6.36 Å². The predicted octanol–water partition coefficient (Wildman–Crippen LogP) is 4.55. The van der Waals surface area contributed by atoms with Gasteiger partial charge in [0, 0.05) is 11.1 Å². The summed E-state index contributed by atoms with van der Waals surface area (Å²) in [6.45, 7) is 0. The second kappa shape index (κ2) is 6.06. The van der Waals surface area contributed by atoms with Crippen LogP contribution in [0.4, 0.5) is 13.2 Å². The molecule has 0 radical (unpaired) electrons. The van der Waals surface area contributed by atoms with E-state index in [4.69, 9.17) is 17.0 Å². The lowest BCUT2D eigenvalue weighted by atomic mass is 9.89. The van der Waals surface area contributed by atoms with E-state index in [1.807, 2.05) is 0 Å². The number of phenolic OH excluding ortho intramolecular Hbond substituents is 2. The van der Waals surface area contributed by atoms with Gasteiger partial charge in [-0.2, -0.15) is 0 Å². The first kappa shape index (κ1) is 17.8. The first-order valence-electron chi connectivity index (χ1n) is 7.05. The highest BCUT2D eigenvalue weighted by Crippen LogP contribution is 2.48. The van der Waals surface area contributed by atoms with E-state index in [9.17, 15) is 28.2 Å². The average molecular weight is 384 g/mol. The van der Waals surface area contributed by atoms with E-state index < -0.39 is 29.4 Å². The van der Waals surface area contributed by atoms with Gasteiger partial charge in [0.05, 0.1) is 10.6 Å². The van der Waals surface area contributed by atoms with Gasteiger partial charge in [0.2, 0.25) is 5.78 Å². The lowest BCUT2D eigenvalue weighted by Crippen LogP contribution is -2.17. The molecule has 26 heavy (non-hydrogen) atoms. The van der Waals surface area contributed by atoms with Crippen LogP contribution in [0.5, 0.6) is 17.2 Å². The Labute approximate surface area is 149 Å². The number of ether oxygens (including phenoxy) is 1. The quantitative estimate of drug-likeness (QED) is 0.664. The number of hydrogen-bond acceptors (Lipinski definition) is 5. The summed E-state index contributed by atoms with van der Waals surface area (Å²) < 4.78 is 40.5. The number of hydrogen-bond donors (Lipinski definition) is 3. The smallest absolute Gasteiger partial charge is 0.507 e. The molecule has 3 rings (SSSR count). The van der Waals surface area contributed by atoms with Crippen LogP contribution in [0, 0.1) is 5.41 Å². The maximum absolute atomic E-state index is 12.2. The van der Waals surface area contributed by atoms with Crippen molar-refractivity contribution in [3.8, 4) is 28.4 Å². The lowest BCUT2D eigenvalue weighted by Gasteiger charge is -2.19. The zero-order valence-electron chi connectivity index (χ0n) is 12.7. The normalized spacial score (nSPS) is 13.7. The van der Waals surface area contributed by atoms with Crippen LogP contribution < -0.4 is 4.74 Å². The first-order chi connectivity index (χ1) is 12.1. The van der Waals surface area contributed by atoms with E-state index in [-0.39, 0.29) is 33.0 Å². The number of rotatable bonds is 2. The van der Waals surface area contributed by atoms with Crippen molar-refractivity contribution in [2.24, 2.45) is 0 Å². The Morgan fingerprint density at radius 3 is 2.19 bits per heavy atom. The van der Waals surface area contributed by atoms with Gasteiger partial charge in [-0.05, 0) is 29.8 Å². The monoisotopic (exact) mass is 383 g/mol. The van der Waals surface area contributed by atoms with Gasteiger partial charge in [0.1, 0.15) is 23.0 Å². The van der Waals surface area contributed by atoms with Crippen LogP contribution in [0.15, 0.2) is 30.3 Å². The van der Waals surface area contributed by atoms with Crippen LogP contribution in [0.25, 0.3) is 17.2 Å². The molecule has 9 heteroatoms. The minimum Gasteiger partial charge on any atom is -0.507 e. The van der Waals surface area contributed by atoms with E-state index in [2.05, 4.69) is 4.74 Å². The van der Waals surface area contributed by atoms with Gasteiger partial charge in [-0.3, -0.25) is 10.2 Å². The van der Waals surface area contributed by atoms with E-state index in [0.717, 1.165) is 18.2 Å². The third-order valence-corrected chi connectivity index (χ3v) is 4.06. The molecule has 5 nitrogen and oxygen atoms in total. The summed E-state index contributed by atoms with van der Waals surface area (Å²) in [6, 6.07) is 4.46. The third kappa shape index (κ3) is 2.99. The number of carbonyl (C=O) groups excluding carboxylic acids is 1. The Hall–Kier alpha value is -3.00. The Bertz CT molecular complexity index is 966. The van der Waals surface area contributed by atoms with Gasteiger partial charge >= 0.3 is 6.36 Å². The molecule has 0 atom stereocenters. The third-order valence-electron chi connectivity index (χ3n) is 3.69.